The van der Waals surface area contributed by atoms with Gasteiger partial charge >= 0.3 is 0 Å². The Labute approximate surface area is 189 Å². The molecular weight excluding hydrogens is 404 g/mol. The van der Waals surface area contributed by atoms with Crippen LogP contribution in [0.5, 0.6) is 0 Å². The summed E-state index contributed by atoms with van der Waals surface area (Å²) in [5.41, 5.74) is 1.97. The van der Waals surface area contributed by atoms with Gasteiger partial charge in [-0.2, -0.15) is 0 Å². The number of likely N-dealkylation sites (N-methyl/N-ethyl adjacent to an activating group) is 1. The number of amides is 3. The van der Waals surface area contributed by atoms with E-state index in [1.165, 1.54) is 4.90 Å². The SMILES string of the molecule is CN1CCN(CC(NC(=O)CCCN2C(=O)c3ccccc3C2=O)c2ccccc2)CC1. The number of rotatable bonds is 8. The van der Waals surface area contributed by atoms with Gasteiger partial charge in [0.05, 0.1) is 17.2 Å². The third-order valence-corrected chi connectivity index (χ3v) is 6.24. The zero-order valence-electron chi connectivity index (χ0n) is 18.5. The molecule has 1 unspecified atom stereocenters. The molecule has 7 nitrogen and oxygen atoms in total. The summed E-state index contributed by atoms with van der Waals surface area (Å²) in [6, 6.07) is 16.8. The maximum Gasteiger partial charge on any atom is 0.261 e. The van der Waals surface area contributed by atoms with Crippen molar-refractivity contribution in [2.45, 2.75) is 18.9 Å². The standard InChI is InChI=1S/C25H30N4O3/c1-27-14-16-28(17-15-27)18-22(19-8-3-2-4-9-19)26-23(30)12-7-13-29-24(31)20-10-5-6-11-21(20)25(29)32/h2-6,8-11,22H,7,12-18H2,1H3,(H,26,30). The quantitative estimate of drug-likeness (QED) is 0.645. The van der Waals surface area contributed by atoms with E-state index in [1.807, 2.05) is 30.3 Å². The monoisotopic (exact) mass is 434 g/mol. The van der Waals surface area contributed by atoms with Crippen LogP contribution in [-0.4, -0.2) is 78.7 Å². The van der Waals surface area contributed by atoms with E-state index in [0.717, 1.165) is 38.3 Å². The minimum atomic E-state index is -0.275. The van der Waals surface area contributed by atoms with Gasteiger partial charge in [-0.05, 0) is 31.2 Å². The van der Waals surface area contributed by atoms with Gasteiger partial charge in [0.1, 0.15) is 0 Å². The van der Waals surface area contributed by atoms with Crippen molar-refractivity contribution in [2.24, 2.45) is 0 Å². The first-order valence-corrected chi connectivity index (χ1v) is 11.2. The van der Waals surface area contributed by atoms with E-state index < -0.39 is 0 Å². The molecule has 3 amide bonds. The Morgan fingerprint density at radius 3 is 2.12 bits per heavy atom. The first kappa shape index (κ1) is 22.2. The molecule has 168 valence electrons. The average molecular weight is 435 g/mol. The first-order chi connectivity index (χ1) is 15.5. The van der Waals surface area contributed by atoms with Gasteiger partial charge in [-0.25, -0.2) is 0 Å². The molecule has 1 saturated heterocycles. The minimum absolute atomic E-state index is 0.0652. The zero-order valence-corrected chi connectivity index (χ0v) is 18.5. The van der Waals surface area contributed by atoms with E-state index in [2.05, 4.69) is 22.2 Å². The molecule has 2 aliphatic rings. The smallest absolute Gasteiger partial charge is 0.261 e. The molecule has 1 N–H and O–H groups in total. The van der Waals surface area contributed by atoms with Crippen LogP contribution in [0.15, 0.2) is 54.6 Å². The topological polar surface area (TPSA) is 73.0 Å². The molecule has 4 rings (SSSR count). The van der Waals surface area contributed by atoms with Gasteiger partial charge in [-0.3, -0.25) is 24.2 Å². The lowest BCUT2D eigenvalue weighted by molar-refractivity contribution is -0.122. The number of nitrogens with zero attached hydrogens (tertiary/aromatic N) is 3. The van der Waals surface area contributed by atoms with Crippen LogP contribution < -0.4 is 5.32 Å². The first-order valence-electron chi connectivity index (χ1n) is 11.2. The van der Waals surface area contributed by atoms with Crippen LogP contribution in [-0.2, 0) is 4.79 Å². The molecule has 0 aromatic heterocycles. The van der Waals surface area contributed by atoms with Crippen LogP contribution >= 0.6 is 0 Å². The number of hydrogen-bond acceptors (Lipinski definition) is 5. The molecule has 2 aromatic carbocycles. The molecule has 2 aliphatic heterocycles. The van der Waals surface area contributed by atoms with E-state index in [4.69, 9.17) is 0 Å². The molecule has 0 saturated carbocycles. The van der Waals surface area contributed by atoms with E-state index in [0.29, 0.717) is 17.5 Å². The summed E-state index contributed by atoms with van der Waals surface area (Å²) in [6.45, 7) is 5.02. The molecule has 0 aliphatic carbocycles. The zero-order chi connectivity index (χ0) is 22.5. The van der Waals surface area contributed by atoms with E-state index >= 15 is 0 Å². The molecule has 7 heteroatoms. The third kappa shape index (κ3) is 5.06. The van der Waals surface area contributed by atoms with E-state index in [-0.39, 0.29) is 36.7 Å². The Bertz CT molecular complexity index is 935. The summed E-state index contributed by atoms with van der Waals surface area (Å²) < 4.78 is 0. The molecule has 1 fully saturated rings. The lowest BCUT2D eigenvalue weighted by Gasteiger charge is -2.35. The van der Waals surface area contributed by atoms with E-state index in [1.54, 1.807) is 24.3 Å². The second kappa shape index (κ2) is 10.1. The van der Waals surface area contributed by atoms with Gasteiger partial charge in [-0.15, -0.1) is 0 Å². The fraction of sp³-hybridized carbons (Fsp3) is 0.400. The van der Waals surface area contributed by atoms with Crippen molar-refractivity contribution in [3.63, 3.8) is 0 Å². The van der Waals surface area contributed by atoms with E-state index in [9.17, 15) is 14.4 Å². The Hall–Kier alpha value is -3.03. The van der Waals surface area contributed by atoms with Gasteiger partial charge in [0.25, 0.3) is 11.8 Å². The number of carbonyl (C=O) groups excluding carboxylic acids is 3. The van der Waals surface area contributed by atoms with Gasteiger partial charge in [-0.1, -0.05) is 42.5 Å². The van der Waals surface area contributed by atoms with Gasteiger partial charge in [0.15, 0.2) is 0 Å². The van der Waals surface area contributed by atoms with Crippen molar-refractivity contribution in [1.29, 1.82) is 0 Å². The normalized spacial score (nSPS) is 18.0. The molecule has 2 heterocycles. The minimum Gasteiger partial charge on any atom is -0.348 e. The highest BCUT2D eigenvalue weighted by atomic mass is 16.2. The fourth-order valence-electron chi connectivity index (χ4n) is 4.31. The van der Waals surface area contributed by atoms with Crippen LogP contribution in [0.2, 0.25) is 0 Å². The van der Waals surface area contributed by atoms with Crippen molar-refractivity contribution in [3.8, 4) is 0 Å². The Morgan fingerprint density at radius 2 is 1.50 bits per heavy atom. The number of imide groups is 1. The predicted octanol–water partition coefficient (Wildman–Crippen LogP) is 2.17. The maximum atomic E-state index is 12.7. The van der Waals surface area contributed by atoms with Crippen LogP contribution in [0.1, 0.15) is 45.2 Å². The van der Waals surface area contributed by atoms with Crippen LogP contribution in [0.25, 0.3) is 0 Å². The second-order valence-corrected chi connectivity index (χ2v) is 8.55. The van der Waals surface area contributed by atoms with Gasteiger partial charge in [0.2, 0.25) is 5.91 Å². The number of nitrogens with one attached hydrogen (secondary N) is 1. The fourth-order valence-corrected chi connectivity index (χ4v) is 4.31. The molecule has 2 aromatic rings. The molecule has 0 radical (unpaired) electrons. The van der Waals surface area contributed by atoms with Crippen molar-refractivity contribution < 1.29 is 14.4 Å². The summed E-state index contributed by atoms with van der Waals surface area (Å²) in [6.07, 6.45) is 0.701. The van der Waals surface area contributed by atoms with Crippen molar-refractivity contribution in [1.82, 2.24) is 20.0 Å². The summed E-state index contributed by atoms with van der Waals surface area (Å²) in [5, 5.41) is 3.17. The van der Waals surface area contributed by atoms with Crippen molar-refractivity contribution in [3.05, 3.63) is 71.3 Å². The van der Waals surface area contributed by atoms with Gasteiger partial charge < -0.3 is 10.2 Å². The van der Waals surface area contributed by atoms with Crippen LogP contribution in [0.3, 0.4) is 0 Å². The van der Waals surface area contributed by atoms with Crippen molar-refractivity contribution >= 4 is 17.7 Å². The summed E-state index contributed by atoms with van der Waals surface area (Å²) >= 11 is 0. The maximum absolute atomic E-state index is 12.7. The summed E-state index contributed by atoms with van der Waals surface area (Å²) in [7, 11) is 2.13. The molecule has 32 heavy (non-hydrogen) atoms. The third-order valence-electron chi connectivity index (χ3n) is 6.24. The number of carbonyl (C=O) groups is 3. The highest BCUT2D eigenvalue weighted by molar-refractivity contribution is 6.21. The summed E-state index contributed by atoms with van der Waals surface area (Å²) in [5.74, 6) is -0.615. The number of hydrogen-bond donors (Lipinski definition) is 1. The average Bonchev–Trinajstić information content (AvgIpc) is 3.06. The molecular formula is C25H30N4O3. The lowest BCUT2D eigenvalue weighted by atomic mass is 10.1. The lowest BCUT2D eigenvalue weighted by Crippen LogP contribution is -2.47. The number of piperazine rings is 1. The highest BCUT2D eigenvalue weighted by Crippen LogP contribution is 2.23. The molecule has 0 spiro atoms. The van der Waals surface area contributed by atoms with Crippen LogP contribution in [0, 0.1) is 0 Å². The van der Waals surface area contributed by atoms with Crippen LogP contribution in [0.4, 0.5) is 0 Å². The highest BCUT2D eigenvalue weighted by Gasteiger charge is 2.34. The predicted molar refractivity (Wildman–Crippen MR) is 122 cm³/mol. The molecule has 1 atom stereocenters. The Morgan fingerprint density at radius 1 is 0.906 bits per heavy atom. The number of fused-ring (bicyclic) bond motifs is 1. The Balaban J connectivity index is 1.32. The Kier molecular flexibility index (Phi) is 6.97. The molecule has 0 bridgehead atoms. The van der Waals surface area contributed by atoms with Gasteiger partial charge in [0, 0.05) is 45.7 Å². The van der Waals surface area contributed by atoms with Crippen molar-refractivity contribution in [2.75, 3.05) is 46.3 Å². The largest absolute Gasteiger partial charge is 0.348 e. The summed E-state index contributed by atoms with van der Waals surface area (Å²) in [4.78, 5) is 43.7. The second-order valence-electron chi connectivity index (χ2n) is 8.55. The number of benzene rings is 2.